The summed E-state index contributed by atoms with van der Waals surface area (Å²) in [7, 11) is 0. The Balaban J connectivity index is 1.88. The zero-order chi connectivity index (χ0) is 22.6. The van der Waals surface area contributed by atoms with Crippen molar-refractivity contribution >= 4 is 28.2 Å². The average molecular weight is 450 g/mol. The van der Waals surface area contributed by atoms with Crippen LogP contribution in [0, 0.1) is 0 Å². The van der Waals surface area contributed by atoms with Crippen molar-refractivity contribution in [2.24, 2.45) is 0 Å². The Kier molecular flexibility index (Phi) is 6.59. The number of hydrogen-bond donors (Lipinski definition) is 1. The van der Waals surface area contributed by atoms with E-state index in [2.05, 4.69) is 5.32 Å². The van der Waals surface area contributed by atoms with Crippen molar-refractivity contribution in [1.29, 1.82) is 0 Å². The Bertz CT molecular complexity index is 1150. The van der Waals surface area contributed by atoms with E-state index in [4.69, 9.17) is 4.74 Å². The van der Waals surface area contributed by atoms with Crippen LogP contribution in [0.3, 0.4) is 0 Å². The second kappa shape index (κ2) is 9.17. The number of pyridine rings is 1. The number of amides is 1. The molecule has 1 amide bonds. The van der Waals surface area contributed by atoms with Crippen LogP contribution in [0.4, 0.5) is 18.2 Å². The largest absolute Gasteiger partial charge is 0.462 e. The van der Waals surface area contributed by atoms with Crippen LogP contribution in [0.25, 0.3) is 10.4 Å². The molecule has 3 rings (SSSR count). The standard InChI is InChI=1S/C21H17F3N2O4S/c1-2-30-20(29)15-10-16(13-6-4-3-5-7-13)31-19(15)25-17(27)12-26-11-14(21(22,23)24)8-9-18(26)28/h3-11H,2,12H2,1H3,(H,25,27). The lowest BCUT2D eigenvalue weighted by molar-refractivity contribution is -0.138. The lowest BCUT2D eigenvalue weighted by Crippen LogP contribution is -2.28. The molecule has 162 valence electrons. The Morgan fingerprint density at radius 3 is 2.48 bits per heavy atom. The van der Waals surface area contributed by atoms with Crippen molar-refractivity contribution in [1.82, 2.24) is 4.57 Å². The van der Waals surface area contributed by atoms with Crippen molar-refractivity contribution in [3.63, 3.8) is 0 Å². The Labute approximate surface area is 178 Å². The van der Waals surface area contributed by atoms with Crippen LogP contribution in [0.15, 0.2) is 59.5 Å². The first-order valence-corrected chi connectivity index (χ1v) is 9.94. The molecule has 31 heavy (non-hydrogen) atoms. The molecular weight excluding hydrogens is 433 g/mol. The molecule has 2 aromatic heterocycles. The molecule has 0 aliphatic heterocycles. The summed E-state index contributed by atoms with van der Waals surface area (Å²) < 4.78 is 44.4. The minimum Gasteiger partial charge on any atom is -0.462 e. The molecule has 3 aromatic rings. The fourth-order valence-electron chi connectivity index (χ4n) is 2.73. The molecule has 0 aliphatic carbocycles. The molecule has 2 heterocycles. The fraction of sp³-hybridized carbons (Fsp3) is 0.190. The molecule has 0 radical (unpaired) electrons. The molecule has 10 heteroatoms. The van der Waals surface area contributed by atoms with Gasteiger partial charge in [0.1, 0.15) is 11.5 Å². The van der Waals surface area contributed by atoms with E-state index in [1.54, 1.807) is 13.0 Å². The first-order chi connectivity index (χ1) is 14.7. The van der Waals surface area contributed by atoms with E-state index in [-0.39, 0.29) is 17.2 Å². The van der Waals surface area contributed by atoms with Gasteiger partial charge in [0.25, 0.3) is 5.56 Å². The normalized spacial score (nSPS) is 11.2. The molecule has 1 aromatic carbocycles. The number of nitrogens with zero attached hydrogens (tertiary/aromatic N) is 1. The highest BCUT2D eigenvalue weighted by Crippen LogP contribution is 2.36. The summed E-state index contributed by atoms with van der Waals surface area (Å²) >= 11 is 1.12. The Morgan fingerprint density at radius 2 is 1.84 bits per heavy atom. The van der Waals surface area contributed by atoms with Crippen LogP contribution in [-0.2, 0) is 22.3 Å². The molecule has 0 fully saturated rings. The molecule has 0 atom stereocenters. The maximum absolute atomic E-state index is 12.9. The van der Waals surface area contributed by atoms with Gasteiger partial charge in [-0.2, -0.15) is 13.2 Å². The second-order valence-electron chi connectivity index (χ2n) is 6.37. The Morgan fingerprint density at radius 1 is 1.13 bits per heavy atom. The number of anilines is 1. The third-order valence-electron chi connectivity index (χ3n) is 4.16. The number of benzene rings is 1. The number of thiophene rings is 1. The predicted molar refractivity (Wildman–Crippen MR) is 110 cm³/mol. The van der Waals surface area contributed by atoms with Gasteiger partial charge in [0.2, 0.25) is 5.91 Å². The monoisotopic (exact) mass is 450 g/mol. The Hall–Kier alpha value is -3.40. The lowest BCUT2D eigenvalue weighted by Gasteiger charge is -2.11. The number of carbonyl (C=O) groups is 2. The lowest BCUT2D eigenvalue weighted by atomic mass is 10.1. The summed E-state index contributed by atoms with van der Waals surface area (Å²) in [6.07, 6.45) is -4.07. The predicted octanol–water partition coefficient (Wildman–Crippen LogP) is 4.41. The maximum Gasteiger partial charge on any atom is 0.417 e. The van der Waals surface area contributed by atoms with Gasteiger partial charge in [0.05, 0.1) is 17.7 Å². The van der Waals surface area contributed by atoms with Gasteiger partial charge in [-0.1, -0.05) is 30.3 Å². The number of halogens is 3. The summed E-state index contributed by atoms with van der Waals surface area (Å²) in [5.74, 6) is -1.40. The molecule has 0 saturated carbocycles. The van der Waals surface area contributed by atoms with Gasteiger partial charge in [0.15, 0.2) is 0 Å². The highest BCUT2D eigenvalue weighted by atomic mass is 32.1. The van der Waals surface area contributed by atoms with Gasteiger partial charge in [-0.25, -0.2) is 4.79 Å². The zero-order valence-electron chi connectivity index (χ0n) is 16.2. The van der Waals surface area contributed by atoms with Crippen molar-refractivity contribution in [3.05, 3.63) is 76.2 Å². The molecule has 0 saturated heterocycles. The highest BCUT2D eigenvalue weighted by molar-refractivity contribution is 7.20. The highest BCUT2D eigenvalue weighted by Gasteiger charge is 2.31. The minimum absolute atomic E-state index is 0.121. The zero-order valence-corrected chi connectivity index (χ0v) is 17.0. The summed E-state index contributed by atoms with van der Waals surface area (Å²) in [5.41, 5.74) is -0.873. The quantitative estimate of drug-likeness (QED) is 0.565. The van der Waals surface area contributed by atoms with Crippen LogP contribution >= 0.6 is 11.3 Å². The first kappa shape index (κ1) is 22.3. The van der Waals surface area contributed by atoms with Crippen molar-refractivity contribution < 1.29 is 27.5 Å². The summed E-state index contributed by atoms with van der Waals surface area (Å²) in [6, 6.07) is 12.1. The molecule has 0 unspecified atom stereocenters. The molecule has 0 aliphatic rings. The SMILES string of the molecule is CCOC(=O)c1cc(-c2ccccc2)sc1NC(=O)Cn1cc(C(F)(F)F)ccc1=O. The van der Waals surface area contributed by atoms with E-state index in [9.17, 15) is 27.6 Å². The van der Waals surface area contributed by atoms with Gasteiger partial charge in [-0.3, -0.25) is 9.59 Å². The van der Waals surface area contributed by atoms with Crippen LogP contribution in [0.5, 0.6) is 0 Å². The number of aromatic nitrogens is 1. The molecular formula is C21H17F3N2O4S. The number of carbonyl (C=O) groups excluding carboxylic acids is 2. The van der Waals surface area contributed by atoms with E-state index in [1.165, 1.54) is 0 Å². The van der Waals surface area contributed by atoms with Gasteiger partial charge in [-0.15, -0.1) is 11.3 Å². The smallest absolute Gasteiger partial charge is 0.417 e. The number of alkyl halides is 3. The number of rotatable bonds is 6. The van der Waals surface area contributed by atoms with Gasteiger partial charge in [0, 0.05) is 17.1 Å². The summed E-state index contributed by atoms with van der Waals surface area (Å²) in [6.45, 7) is 1.12. The van der Waals surface area contributed by atoms with Gasteiger partial charge in [-0.05, 0) is 24.6 Å². The van der Waals surface area contributed by atoms with E-state index < -0.39 is 35.7 Å². The fourth-order valence-corrected chi connectivity index (χ4v) is 3.80. The molecule has 6 nitrogen and oxygen atoms in total. The van der Waals surface area contributed by atoms with Crippen LogP contribution in [0.2, 0.25) is 0 Å². The van der Waals surface area contributed by atoms with Gasteiger partial charge < -0.3 is 14.6 Å². The van der Waals surface area contributed by atoms with E-state index in [0.717, 1.165) is 23.0 Å². The molecule has 0 spiro atoms. The van der Waals surface area contributed by atoms with Gasteiger partial charge >= 0.3 is 12.1 Å². The van der Waals surface area contributed by atoms with Crippen molar-refractivity contribution in [2.45, 2.75) is 19.6 Å². The number of ether oxygens (including phenoxy) is 1. The molecule has 1 N–H and O–H groups in total. The number of esters is 1. The third-order valence-corrected chi connectivity index (χ3v) is 5.26. The third kappa shape index (κ3) is 5.40. The molecule has 0 bridgehead atoms. The number of nitrogens with one attached hydrogen (secondary N) is 1. The topological polar surface area (TPSA) is 77.4 Å². The van der Waals surface area contributed by atoms with E-state index in [1.807, 2.05) is 30.3 Å². The maximum atomic E-state index is 12.9. The van der Waals surface area contributed by atoms with Crippen LogP contribution < -0.4 is 10.9 Å². The van der Waals surface area contributed by atoms with Crippen molar-refractivity contribution in [2.75, 3.05) is 11.9 Å². The average Bonchev–Trinajstić information content (AvgIpc) is 3.13. The van der Waals surface area contributed by atoms with Crippen LogP contribution in [0.1, 0.15) is 22.8 Å². The number of hydrogen-bond acceptors (Lipinski definition) is 5. The van der Waals surface area contributed by atoms with E-state index in [0.29, 0.717) is 21.7 Å². The van der Waals surface area contributed by atoms with Crippen LogP contribution in [-0.4, -0.2) is 23.1 Å². The summed E-state index contributed by atoms with van der Waals surface area (Å²) in [4.78, 5) is 37.4. The first-order valence-electron chi connectivity index (χ1n) is 9.13. The van der Waals surface area contributed by atoms with E-state index >= 15 is 0 Å². The summed E-state index contributed by atoms with van der Waals surface area (Å²) in [5, 5.41) is 2.69. The van der Waals surface area contributed by atoms with Crippen molar-refractivity contribution in [3.8, 4) is 10.4 Å². The second-order valence-corrected chi connectivity index (χ2v) is 7.42. The minimum atomic E-state index is -4.65.